The maximum absolute atomic E-state index is 13.2. The van der Waals surface area contributed by atoms with Gasteiger partial charge in [-0.15, -0.1) is 0 Å². The maximum atomic E-state index is 13.2. The van der Waals surface area contributed by atoms with Crippen molar-refractivity contribution < 1.29 is 9.13 Å². The molecule has 0 amide bonds. The summed E-state index contributed by atoms with van der Waals surface area (Å²) in [5, 5.41) is 0. The Kier molecular flexibility index (Phi) is 5.80. The summed E-state index contributed by atoms with van der Waals surface area (Å²) in [5.41, 5.74) is 9.04. The predicted molar refractivity (Wildman–Crippen MR) is 107 cm³/mol. The Morgan fingerprint density at radius 3 is 2.57 bits per heavy atom. The number of halogens is 1. The predicted octanol–water partition coefficient (Wildman–Crippen LogP) is 3.35. The van der Waals surface area contributed by atoms with Crippen molar-refractivity contribution >= 4 is 0 Å². The molecule has 2 aliphatic rings. The number of hydrogen-bond acceptors (Lipinski definition) is 4. The Morgan fingerprint density at radius 2 is 1.89 bits per heavy atom. The molecule has 5 nitrogen and oxygen atoms in total. The lowest BCUT2D eigenvalue weighted by Gasteiger charge is -2.45. The number of nitrogens with zero attached hydrogens (tertiary/aromatic N) is 3. The number of aromatic nitrogens is 2. The van der Waals surface area contributed by atoms with Gasteiger partial charge >= 0.3 is 0 Å². The fourth-order valence-corrected chi connectivity index (χ4v) is 4.74. The van der Waals surface area contributed by atoms with Crippen molar-refractivity contribution in [1.29, 1.82) is 0 Å². The zero-order chi connectivity index (χ0) is 19.6. The normalized spacial score (nSPS) is 22.2. The summed E-state index contributed by atoms with van der Waals surface area (Å²) >= 11 is 0. The molecule has 2 N–H and O–H groups in total. The first-order chi connectivity index (χ1) is 13.5. The van der Waals surface area contributed by atoms with Crippen molar-refractivity contribution in [1.82, 2.24) is 14.5 Å². The zero-order valence-electron chi connectivity index (χ0n) is 16.7. The van der Waals surface area contributed by atoms with Gasteiger partial charge in [-0.2, -0.15) is 0 Å². The van der Waals surface area contributed by atoms with Gasteiger partial charge in [0.05, 0.1) is 18.1 Å². The minimum absolute atomic E-state index is 0.0398. The summed E-state index contributed by atoms with van der Waals surface area (Å²) in [4.78, 5) is 6.86. The van der Waals surface area contributed by atoms with E-state index < -0.39 is 0 Å². The van der Waals surface area contributed by atoms with Crippen LogP contribution in [0.15, 0.2) is 36.8 Å². The smallest absolute Gasteiger partial charge is 0.123 e. The van der Waals surface area contributed by atoms with E-state index in [0.717, 1.165) is 64.1 Å². The number of piperidine rings is 1. The second-order valence-corrected chi connectivity index (χ2v) is 8.42. The van der Waals surface area contributed by atoms with E-state index in [9.17, 15) is 4.39 Å². The Morgan fingerprint density at radius 1 is 1.21 bits per heavy atom. The summed E-state index contributed by atoms with van der Waals surface area (Å²) in [6.45, 7) is 6.75. The molecule has 0 saturated carbocycles. The van der Waals surface area contributed by atoms with Crippen molar-refractivity contribution in [3.63, 3.8) is 0 Å². The minimum atomic E-state index is -0.204. The molecule has 4 rings (SSSR count). The maximum Gasteiger partial charge on any atom is 0.123 e. The van der Waals surface area contributed by atoms with Gasteiger partial charge in [0.15, 0.2) is 0 Å². The molecule has 2 fully saturated rings. The highest BCUT2D eigenvalue weighted by atomic mass is 19.1. The van der Waals surface area contributed by atoms with Gasteiger partial charge in [-0.25, -0.2) is 9.37 Å². The second-order valence-electron chi connectivity index (χ2n) is 8.42. The zero-order valence-corrected chi connectivity index (χ0v) is 16.7. The molecule has 2 saturated heterocycles. The number of imidazole rings is 1. The largest absolute Gasteiger partial charge is 0.381 e. The molecule has 1 aromatic heterocycles. The lowest BCUT2D eigenvalue weighted by Crippen LogP contribution is -2.56. The topological polar surface area (TPSA) is 56.3 Å². The molecule has 1 aromatic carbocycles. The highest BCUT2D eigenvalue weighted by Crippen LogP contribution is 2.34. The molecule has 0 spiro atoms. The molecule has 28 heavy (non-hydrogen) atoms. The van der Waals surface area contributed by atoms with Crippen LogP contribution in [0.1, 0.15) is 49.9 Å². The third-order valence-corrected chi connectivity index (χ3v) is 6.72. The van der Waals surface area contributed by atoms with Crippen LogP contribution in [-0.2, 0) is 11.3 Å². The Labute approximate surface area is 166 Å². The van der Waals surface area contributed by atoms with Gasteiger partial charge in [0.25, 0.3) is 0 Å². The van der Waals surface area contributed by atoms with Crippen LogP contribution < -0.4 is 5.73 Å². The number of likely N-dealkylation sites (tertiary alicyclic amines) is 1. The summed E-state index contributed by atoms with van der Waals surface area (Å²) in [7, 11) is 0. The fourth-order valence-electron chi connectivity index (χ4n) is 4.74. The van der Waals surface area contributed by atoms with Crippen LogP contribution in [-0.4, -0.2) is 46.3 Å². The number of benzene rings is 1. The Bertz CT molecular complexity index is 761. The Balaban J connectivity index is 1.38. The highest BCUT2D eigenvalue weighted by Gasteiger charge is 2.38. The molecule has 3 heterocycles. The molecule has 2 aliphatic heterocycles. The van der Waals surface area contributed by atoms with E-state index in [4.69, 9.17) is 10.5 Å². The van der Waals surface area contributed by atoms with Crippen LogP contribution in [0.5, 0.6) is 0 Å². The van der Waals surface area contributed by atoms with Gasteiger partial charge < -0.3 is 15.0 Å². The summed E-state index contributed by atoms with van der Waals surface area (Å²) in [6.07, 6.45) is 8.10. The van der Waals surface area contributed by atoms with Gasteiger partial charge in [0.2, 0.25) is 0 Å². The molecule has 1 atom stereocenters. The van der Waals surface area contributed by atoms with Crippen LogP contribution in [0.4, 0.5) is 4.39 Å². The molecule has 6 heteroatoms. The third-order valence-electron chi connectivity index (χ3n) is 6.72. The first-order valence-corrected chi connectivity index (χ1v) is 10.4. The molecule has 0 radical (unpaired) electrons. The summed E-state index contributed by atoms with van der Waals surface area (Å²) in [6, 6.07) is 6.86. The number of rotatable bonds is 5. The van der Waals surface area contributed by atoms with E-state index in [1.165, 1.54) is 17.8 Å². The molecule has 0 bridgehead atoms. The molecule has 0 unspecified atom stereocenters. The van der Waals surface area contributed by atoms with Crippen LogP contribution in [0.3, 0.4) is 0 Å². The van der Waals surface area contributed by atoms with E-state index in [1.54, 1.807) is 0 Å². The van der Waals surface area contributed by atoms with Gasteiger partial charge in [-0.05, 0) is 56.2 Å². The van der Waals surface area contributed by atoms with Crippen LogP contribution >= 0.6 is 0 Å². The van der Waals surface area contributed by atoms with Crippen molar-refractivity contribution in [2.24, 2.45) is 11.7 Å². The Hall–Kier alpha value is -1.76. The third kappa shape index (κ3) is 4.14. The quantitative estimate of drug-likeness (QED) is 0.856. The van der Waals surface area contributed by atoms with Crippen LogP contribution in [0.25, 0.3) is 0 Å². The van der Waals surface area contributed by atoms with Crippen LogP contribution in [0.2, 0.25) is 0 Å². The monoisotopic (exact) mass is 386 g/mol. The lowest BCUT2D eigenvalue weighted by molar-refractivity contribution is 0.0167. The number of hydrogen-bond donors (Lipinski definition) is 1. The minimum Gasteiger partial charge on any atom is -0.381 e. The van der Waals surface area contributed by atoms with Gasteiger partial charge in [-0.3, -0.25) is 4.90 Å². The first kappa shape index (κ1) is 19.6. The van der Waals surface area contributed by atoms with E-state index in [2.05, 4.69) is 21.4 Å². The number of ether oxygens (including phenoxy) is 1. The van der Waals surface area contributed by atoms with E-state index >= 15 is 0 Å². The summed E-state index contributed by atoms with van der Waals surface area (Å²) in [5.74, 6) is 0.386. The SMILES string of the molecule is C[C@H](c1ccc(F)cc1)n1cncc1CN1CCC(N)(C2CCOCC2)CC1. The molecule has 152 valence electrons. The lowest BCUT2D eigenvalue weighted by atomic mass is 9.73. The van der Waals surface area contributed by atoms with Gasteiger partial charge in [0, 0.05) is 44.6 Å². The molecule has 0 aliphatic carbocycles. The standard InChI is InChI=1S/C22H31FN4O/c1-17(18-2-4-20(23)5-3-18)27-16-25-14-21(27)15-26-10-8-22(24,9-11-26)19-6-12-28-13-7-19/h2-5,14,16-17,19H,6-13,15,24H2,1H3/t17-/m1/s1. The highest BCUT2D eigenvalue weighted by molar-refractivity contribution is 5.21. The fraction of sp³-hybridized carbons (Fsp3) is 0.591. The summed E-state index contributed by atoms with van der Waals surface area (Å²) < 4.78 is 20.9. The van der Waals surface area contributed by atoms with Gasteiger partial charge in [-0.1, -0.05) is 12.1 Å². The van der Waals surface area contributed by atoms with Crippen molar-refractivity contribution in [3.8, 4) is 0 Å². The molecular weight excluding hydrogens is 355 g/mol. The van der Waals surface area contributed by atoms with E-state index in [0.29, 0.717) is 5.92 Å². The number of nitrogens with two attached hydrogens (primary N) is 1. The second kappa shape index (κ2) is 8.31. The van der Waals surface area contributed by atoms with Crippen molar-refractivity contribution in [2.75, 3.05) is 26.3 Å². The van der Waals surface area contributed by atoms with Crippen molar-refractivity contribution in [2.45, 2.75) is 50.7 Å². The molecule has 2 aromatic rings. The van der Waals surface area contributed by atoms with Crippen LogP contribution in [0, 0.1) is 11.7 Å². The van der Waals surface area contributed by atoms with Gasteiger partial charge in [0.1, 0.15) is 5.82 Å². The van der Waals surface area contributed by atoms with Crippen molar-refractivity contribution in [3.05, 3.63) is 53.9 Å². The average Bonchev–Trinajstić information content (AvgIpc) is 3.19. The first-order valence-electron chi connectivity index (χ1n) is 10.4. The average molecular weight is 387 g/mol. The van der Waals surface area contributed by atoms with E-state index in [-0.39, 0.29) is 17.4 Å². The van der Waals surface area contributed by atoms with E-state index in [1.807, 2.05) is 24.7 Å². The molecular formula is C22H31FN4O.